The zero-order valence-corrected chi connectivity index (χ0v) is 14.4. The van der Waals surface area contributed by atoms with Crippen molar-refractivity contribution in [1.29, 1.82) is 0 Å². The summed E-state index contributed by atoms with van der Waals surface area (Å²) in [6.07, 6.45) is 0.846. The van der Waals surface area contributed by atoms with Crippen molar-refractivity contribution in [2.75, 3.05) is 0 Å². The Hall–Kier alpha value is -2.14. The van der Waals surface area contributed by atoms with Crippen LogP contribution in [0.1, 0.15) is 25.0 Å². The summed E-state index contributed by atoms with van der Waals surface area (Å²) in [7, 11) is 1.74. The van der Waals surface area contributed by atoms with E-state index in [1.165, 1.54) is 15.9 Å². The fourth-order valence-corrected chi connectivity index (χ4v) is 3.88. The quantitative estimate of drug-likeness (QED) is 0.739. The van der Waals surface area contributed by atoms with Crippen LogP contribution in [0.2, 0.25) is 0 Å². The second-order valence-corrected chi connectivity index (χ2v) is 7.12. The number of benzene rings is 1. The average molecular weight is 328 g/mol. The van der Waals surface area contributed by atoms with Crippen molar-refractivity contribution in [3.8, 4) is 0 Å². The van der Waals surface area contributed by atoms with E-state index >= 15 is 0 Å². The minimum Gasteiger partial charge on any atom is -0.287 e. The molecule has 0 aliphatic carbocycles. The molecule has 0 saturated carbocycles. The molecule has 5 heteroatoms. The summed E-state index contributed by atoms with van der Waals surface area (Å²) in [5.41, 5.74) is 1.56. The lowest BCUT2D eigenvalue weighted by Crippen LogP contribution is -2.39. The molecule has 0 unspecified atom stereocenters. The summed E-state index contributed by atoms with van der Waals surface area (Å²) in [5, 5.41) is 2.71. The molecule has 0 spiro atoms. The summed E-state index contributed by atoms with van der Waals surface area (Å²) >= 11 is 1.48. The first-order chi connectivity index (χ1) is 11.0. The molecular formula is C18H20N2O2S. The summed E-state index contributed by atoms with van der Waals surface area (Å²) in [4.78, 5) is 26.3. The highest BCUT2D eigenvalue weighted by Gasteiger charge is 2.17. The molecule has 0 N–H and O–H groups in total. The van der Waals surface area contributed by atoms with Crippen molar-refractivity contribution >= 4 is 21.6 Å². The predicted molar refractivity (Wildman–Crippen MR) is 95.4 cm³/mol. The molecule has 0 amide bonds. The van der Waals surface area contributed by atoms with Gasteiger partial charge in [0.15, 0.2) is 0 Å². The van der Waals surface area contributed by atoms with Gasteiger partial charge in [0.1, 0.15) is 4.83 Å². The number of aryl methyl sites for hydroxylation is 1. The molecule has 2 aromatic heterocycles. The fraction of sp³-hybridized carbons (Fsp3) is 0.333. The van der Waals surface area contributed by atoms with Crippen LogP contribution in [0, 0.1) is 5.92 Å². The Morgan fingerprint density at radius 3 is 2.48 bits per heavy atom. The van der Waals surface area contributed by atoms with E-state index in [4.69, 9.17) is 0 Å². The van der Waals surface area contributed by atoms with E-state index in [2.05, 4.69) is 13.8 Å². The van der Waals surface area contributed by atoms with E-state index in [9.17, 15) is 9.59 Å². The molecular weight excluding hydrogens is 308 g/mol. The molecule has 0 saturated heterocycles. The summed E-state index contributed by atoms with van der Waals surface area (Å²) in [6, 6.07) is 9.61. The summed E-state index contributed by atoms with van der Waals surface area (Å²) < 4.78 is 2.93. The highest BCUT2D eigenvalue weighted by Crippen LogP contribution is 2.24. The Kier molecular flexibility index (Phi) is 4.22. The van der Waals surface area contributed by atoms with Crippen LogP contribution in [0.5, 0.6) is 0 Å². The Morgan fingerprint density at radius 1 is 1.13 bits per heavy atom. The zero-order chi connectivity index (χ0) is 16.6. The SMILES string of the molecule is CC(C)Cc1csc2c1c(=O)n(Cc1ccccc1)c(=O)n2C. The molecule has 0 radical (unpaired) electrons. The van der Waals surface area contributed by atoms with Gasteiger partial charge >= 0.3 is 5.69 Å². The minimum atomic E-state index is -0.260. The molecule has 23 heavy (non-hydrogen) atoms. The number of rotatable bonds is 4. The van der Waals surface area contributed by atoms with Crippen LogP contribution in [0.15, 0.2) is 45.3 Å². The molecule has 120 valence electrons. The third-order valence-electron chi connectivity index (χ3n) is 3.94. The monoisotopic (exact) mass is 328 g/mol. The van der Waals surface area contributed by atoms with Gasteiger partial charge in [0, 0.05) is 7.05 Å². The summed E-state index contributed by atoms with van der Waals surface area (Å²) in [6.45, 7) is 4.57. The van der Waals surface area contributed by atoms with E-state index in [-0.39, 0.29) is 11.2 Å². The van der Waals surface area contributed by atoms with Crippen molar-refractivity contribution in [2.24, 2.45) is 13.0 Å². The van der Waals surface area contributed by atoms with Gasteiger partial charge in [-0.2, -0.15) is 0 Å². The maximum absolute atomic E-state index is 12.9. The Morgan fingerprint density at radius 2 is 1.83 bits per heavy atom. The largest absolute Gasteiger partial charge is 0.332 e. The lowest BCUT2D eigenvalue weighted by molar-refractivity contribution is 0.644. The highest BCUT2D eigenvalue weighted by atomic mass is 32.1. The van der Waals surface area contributed by atoms with Gasteiger partial charge in [-0.05, 0) is 28.8 Å². The normalized spacial score (nSPS) is 11.5. The Balaban J connectivity index is 2.22. The van der Waals surface area contributed by atoms with Crippen molar-refractivity contribution in [1.82, 2.24) is 9.13 Å². The van der Waals surface area contributed by atoms with Crippen molar-refractivity contribution in [2.45, 2.75) is 26.8 Å². The predicted octanol–water partition coefficient (Wildman–Crippen LogP) is 3.01. The Labute approximate surface area is 138 Å². The highest BCUT2D eigenvalue weighted by molar-refractivity contribution is 7.17. The molecule has 3 aromatic rings. The molecule has 3 rings (SSSR count). The van der Waals surface area contributed by atoms with Gasteiger partial charge in [0.25, 0.3) is 5.56 Å². The topological polar surface area (TPSA) is 44.0 Å². The molecule has 0 bridgehead atoms. The number of nitrogens with zero attached hydrogens (tertiary/aromatic N) is 2. The van der Waals surface area contributed by atoms with Crippen LogP contribution < -0.4 is 11.2 Å². The van der Waals surface area contributed by atoms with Gasteiger partial charge in [-0.15, -0.1) is 11.3 Å². The van der Waals surface area contributed by atoms with Crippen molar-refractivity contribution < 1.29 is 0 Å². The molecule has 2 heterocycles. The lowest BCUT2D eigenvalue weighted by atomic mass is 10.0. The second kappa shape index (κ2) is 6.16. The van der Waals surface area contributed by atoms with Crippen LogP contribution >= 0.6 is 11.3 Å². The van der Waals surface area contributed by atoms with Gasteiger partial charge in [-0.1, -0.05) is 44.2 Å². The first-order valence-corrected chi connectivity index (χ1v) is 8.61. The molecule has 1 aromatic carbocycles. The first-order valence-electron chi connectivity index (χ1n) is 7.73. The molecule has 0 atom stereocenters. The number of aromatic nitrogens is 2. The van der Waals surface area contributed by atoms with Gasteiger partial charge in [-0.25, -0.2) is 4.79 Å². The van der Waals surface area contributed by atoms with E-state index in [0.29, 0.717) is 17.8 Å². The number of hydrogen-bond donors (Lipinski definition) is 0. The third kappa shape index (κ3) is 2.88. The van der Waals surface area contributed by atoms with Crippen LogP contribution in [-0.4, -0.2) is 9.13 Å². The van der Waals surface area contributed by atoms with Crippen molar-refractivity contribution in [3.05, 3.63) is 67.7 Å². The first kappa shape index (κ1) is 15.7. The standard InChI is InChI=1S/C18H20N2O2S/c1-12(2)9-14-11-23-17-15(14)16(21)20(18(22)19(17)3)10-13-7-5-4-6-8-13/h4-8,11-12H,9-10H2,1-3H3. The van der Waals surface area contributed by atoms with Crippen LogP contribution in [0.4, 0.5) is 0 Å². The van der Waals surface area contributed by atoms with E-state index in [1.54, 1.807) is 11.6 Å². The van der Waals surface area contributed by atoms with Crippen LogP contribution in [0.3, 0.4) is 0 Å². The molecule has 0 aliphatic rings. The summed E-state index contributed by atoms with van der Waals surface area (Å²) in [5.74, 6) is 0.465. The maximum atomic E-state index is 12.9. The minimum absolute atomic E-state index is 0.177. The van der Waals surface area contributed by atoms with Gasteiger partial charge < -0.3 is 0 Å². The van der Waals surface area contributed by atoms with E-state index in [0.717, 1.165) is 22.4 Å². The van der Waals surface area contributed by atoms with Crippen molar-refractivity contribution in [3.63, 3.8) is 0 Å². The second-order valence-electron chi connectivity index (χ2n) is 6.26. The molecule has 0 aliphatic heterocycles. The molecule has 4 nitrogen and oxygen atoms in total. The van der Waals surface area contributed by atoms with Gasteiger partial charge in [0.2, 0.25) is 0 Å². The van der Waals surface area contributed by atoms with Crippen LogP contribution in [0.25, 0.3) is 10.2 Å². The van der Waals surface area contributed by atoms with Gasteiger partial charge in [-0.3, -0.25) is 13.9 Å². The lowest BCUT2D eigenvalue weighted by Gasteiger charge is -2.10. The maximum Gasteiger partial charge on any atom is 0.332 e. The van der Waals surface area contributed by atoms with E-state index < -0.39 is 0 Å². The zero-order valence-electron chi connectivity index (χ0n) is 13.6. The van der Waals surface area contributed by atoms with E-state index in [1.807, 2.05) is 35.7 Å². The smallest absolute Gasteiger partial charge is 0.287 e. The van der Waals surface area contributed by atoms with Gasteiger partial charge in [0.05, 0.1) is 11.9 Å². The number of thiophene rings is 1. The Bertz CT molecular complexity index is 949. The average Bonchev–Trinajstić information content (AvgIpc) is 2.93. The van der Waals surface area contributed by atoms with Crippen LogP contribution in [-0.2, 0) is 20.0 Å². The molecule has 0 fully saturated rings. The third-order valence-corrected chi connectivity index (χ3v) is 5.04. The fourth-order valence-electron chi connectivity index (χ4n) is 2.84. The number of hydrogen-bond acceptors (Lipinski definition) is 3. The number of fused-ring (bicyclic) bond motifs is 1.